The van der Waals surface area contributed by atoms with Gasteiger partial charge in [0.15, 0.2) is 0 Å². The summed E-state index contributed by atoms with van der Waals surface area (Å²) in [4.78, 5) is 0. The van der Waals surface area contributed by atoms with Crippen LogP contribution >= 0.6 is 0 Å². The minimum atomic E-state index is 0.388. The van der Waals surface area contributed by atoms with E-state index in [4.69, 9.17) is 5.73 Å². The second kappa shape index (κ2) is 4.00. The number of rotatable bonds is 5. The summed E-state index contributed by atoms with van der Waals surface area (Å²) in [6.45, 7) is 0.948. The molecule has 0 amide bonds. The van der Waals surface area contributed by atoms with E-state index in [-0.39, 0.29) is 0 Å². The van der Waals surface area contributed by atoms with Gasteiger partial charge in [0.2, 0.25) is 0 Å². The van der Waals surface area contributed by atoms with Crippen molar-refractivity contribution >= 4 is 5.69 Å². The summed E-state index contributed by atoms with van der Waals surface area (Å²) in [7, 11) is 1.92. The van der Waals surface area contributed by atoms with Crippen LogP contribution in [0.2, 0.25) is 0 Å². The van der Waals surface area contributed by atoms with Crippen LogP contribution < -0.4 is 11.1 Å². The van der Waals surface area contributed by atoms with Crippen LogP contribution in [0.1, 0.15) is 19.3 Å². The smallest absolute Gasteiger partial charge is 0.0726 e. The molecule has 1 unspecified atom stereocenters. The van der Waals surface area contributed by atoms with Gasteiger partial charge in [-0.3, -0.25) is 4.68 Å². The van der Waals surface area contributed by atoms with Gasteiger partial charge in [0, 0.05) is 25.8 Å². The minimum absolute atomic E-state index is 0.388. The van der Waals surface area contributed by atoms with Gasteiger partial charge in [-0.05, 0) is 25.2 Å². The minimum Gasteiger partial charge on any atom is -0.382 e. The summed E-state index contributed by atoms with van der Waals surface area (Å²) in [6.07, 6.45) is 7.52. The van der Waals surface area contributed by atoms with Gasteiger partial charge in [0.1, 0.15) is 0 Å². The van der Waals surface area contributed by atoms with E-state index in [1.165, 1.54) is 12.8 Å². The van der Waals surface area contributed by atoms with Gasteiger partial charge < -0.3 is 11.1 Å². The number of anilines is 1. The SMILES string of the molecule is Cn1cc(NCCC(N)C2CC2)cn1. The molecule has 1 aromatic rings. The number of aryl methyl sites for hydroxylation is 1. The van der Waals surface area contributed by atoms with Crippen LogP contribution in [-0.4, -0.2) is 22.4 Å². The third kappa shape index (κ3) is 2.48. The molecule has 0 bridgehead atoms. The Balaban J connectivity index is 1.67. The Kier molecular flexibility index (Phi) is 2.72. The van der Waals surface area contributed by atoms with Crippen molar-refractivity contribution in [1.29, 1.82) is 0 Å². The van der Waals surface area contributed by atoms with E-state index in [0.717, 1.165) is 24.6 Å². The zero-order chi connectivity index (χ0) is 9.97. The van der Waals surface area contributed by atoms with Crippen molar-refractivity contribution in [1.82, 2.24) is 9.78 Å². The lowest BCUT2D eigenvalue weighted by atomic mass is 10.1. The molecule has 2 rings (SSSR count). The highest BCUT2D eigenvalue weighted by atomic mass is 15.3. The summed E-state index contributed by atoms with van der Waals surface area (Å²) in [5, 5.41) is 7.40. The van der Waals surface area contributed by atoms with E-state index in [1.54, 1.807) is 4.68 Å². The molecule has 1 aliphatic carbocycles. The summed E-state index contributed by atoms with van der Waals surface area (Å²) < 4.78 is 1.79. The van der Waals surface area contributed by atoms with E-state index >= 15 is 0 Å². The van der Waals surface area contributed by atoms with Crippen molar-refractivity contribution in [2.24, 2.45) is 18.7 Å². The highest BCUT2D eigenvalue weighted by Crippen LogP contribution is 2.32. The molecular formula is C10H18N4. The first kappa shape index (κ1) is 9.52. The fourth-order valence-corrected chi connectivity index (χ4v) is 1.66. The highest BCUT2D eigenvalue weighted by Gasteiger charge is 2.27. The topological polar surface area (TPSA) is 55.9 Å². The van der Waals surface area contributed by atoms with Crippen molar-refractivity contribution in [2.75, 3.05) is 11.9 Å². The van der Waals surface area contributed by atoms with Gasteiger partial charge >= 0.3 is 0 Å². The second-order valence-electron chi connectivity index (χ2n) is 4.12. The monoisotopic (exact) mass is 194 g/mol. The van der Waals surface area contributed by atoms with Gasteiger partial charge in [-0.15, -0.1) is 0 Å². The second-order valence-corrected chi connectivity index (χ2v) is 4.12. The van der Waals surface area contributed by atoms with Gasteiger partial charge in [-0.2, -0.15) is 5.10 Å². The van der Waals surface area contributed by atoms with Gasteiger partial charge in [-0.25, -0.2) is 0 Å². The largest absolute Gasteiger partial charge is 0.382 e. The molecule has 0 saturated heterocycles. The van der Waals surface area contributed by atoms with Crippen molar-refractivity contribution in [3.05, 3.63) is 12.4 Å². The Hall–Kier alpha value is -1.03. The molecule has 1 atom stereocenters. The predicted molar refractivity (Wildman–Crippen MR) is 57.0 cm³/mol. The van der Waals surface area contributed by atoms with Gasteiger partial charge in [0.25, 0.3) is 0 Å². The summed E-state index contributed by atoms with van der Waals surface area (Å²) >= 11 is 0. The maximum absolute atomic E-state index is 5.99. The van der Waals surface area contributed by atoms with Crippen molar-refractivity contribution < 1.29 is 0 Å². The highest BCUT2D eigenvalue weighted by molar-refractivity contribution is 5.37. The molecule has 1 aliphatic rings. The molecule has 78 valence electrons. The van der Waals surface area contributed by atoms with Crippen LogP contribution in [0.25, 0.3) is 0 Å². The Morgan fingerprint density at radius 1 is 1.71 bits per heavy atom. The molecule has 1 fully saturated rings. The molecule has 0 radical (unpaired) electrons. The van der Waals surface area contributed by atoms with Gasteiger partial charge in [-0.1, -0.05) is 0 Å². The average Bonchev–Trinajstić information content (AvgIpc) is 2.92. The first-order valence-corrected chi connectivity index (χ1v) is 5.24. The first-order chi connectivity index (χ1) is 6.75. The predicted octanol–water partition coefficient (Wildman–Crippen LogP) is 0.959. The molecule has 1 aromatic heterocycles. The molecular weight excluding hydrogens is 176 g/mol. The summed E-state index contributed by atoms with van der Waals surface area (Å²) in [5.74, 6) is 0.797. The quantitative estimate of drug-likeness (QED) is 0.734. The Labute approximate surface area is 84.5 Å². The van der Waals surface area contributed by atoms with E-state index in [2.05, 4.69) is 10.4 Å². The van der Waals surface area contributed by atoms with E-state index in [1.807, 2.05) is 19.4 Å². The lowest BCUT2D eigenvalue weighted by molar-refractivity contribution is 0.565. The molecule has 0 spiro atoms. The van der Waals surface area contributed by atoms with E-state index in [0.29, 0.717) is 6.04 Å². The molecule has 3 N–H and O–H groups in total. The molecule has 14 heavy (non-hydrogen) atoms. The lowest BCUT2D eigenvalue weighted by Crippen LogP contribution is -2.25. The molecule has 0 aromatic carbocycles. The Morgan fingerprint density at radius 3 is 3.07 bits per heavy atom. The third-order valence-corrected chi connectivity index (χ3v) is 2.74. The van der Waals surface area contributed by atoms with Crippen LogP contribution in [0.3, 0.4) is 0 Å². The van der Waals surface area contributed by atoms with Crippen LogP contribution in [0.15, 0.2) is 12.4 Å². The number of nitrogens with one attached hydrogen (secondary N) is 1. The third-order valence-electron chi connectivity index (χ3n) is 2.74. The number of nitrogens with zero attached hydrogens (tertiary/aromatic N) is 2. The summed E-state index contributed by atoms with van der Waals surface area (Å²) in [6, 6.07) is 0.388. The van der Waals surface area contributed by atoms with Crippen molar-refractivity contribution in [3.63, 3.8) is 0 Å². The maximum Gasteiger partial charge on any atom is 0.0726 e. The van der Waals surface area contributed by atoms with Crippen LogP contribution in [0.4, 0.5) is 5.69 Å². The van der Waals surface area contributed by atoms with E-state index in [9.17, 15) is 0 Å². The standard InChI is InChI=1S/C10H18N4/c1-14-7-9(6-13-14)12-5-4-10(11)8-2-3-8/h6-8,10,12H,2-5,11H2,1H3. The summed E-state index contributed by atoms with van der Waals surface area (Å²) in [5.41, 5.74) is 7.07. The number of hydrogen-bond acceptors (Lipinski definition) is 3. The zero-order valence-electron chi connectivity index (χ0n) is 8.61. The molecule has 4 nitrogen and oxygen atoms in total. The number of aromatic nitrogens is 2. The zero-order valence-corrected chi connectivity index (χ0v) is 8.61. The first-order valence-electron chi connectivity index (χ1n) is 5.24. The van der Waals surface area contributed by atoms with E-state index < -0.39 is 0 Å². The van der Waals surface area contributed by atoms with Crippen molar-refractivity contribution in [2.45, 2.75) is 25.3 Å². The molecule has 1 heterocycles. The molecule has 1 saturated carbocycles. The Bertz CT molecular complexity index is 290. The number of nitrogens with two attached hydrogens (primary N) is 1. The van der Waals surface area contributed by atoms with Crippen molar-refractivity contribution in [3.8, 4) is 0 Å². The lowest BCUT2D eigenvalue weighted by Gasteiger charge is -2.10. The van der Waals surface area contributed by atoms with Crippen LogP contribution in [-0.2, 0) is 7.05 Å². The molecule has 4 heteroatoms. The normalized spacial score (nSPS) is 18.1. The molecule has 0 aliphatic heterocycles. The van der Waals surface area contributed by atoms with Gasteiger partial charge in [0.05, 0.1) is 11.9 Å². The van der Waals surface area contributed by atoms with Crippen LogP contribution in [0, 0.1) is 5.92 Å². The van der Waals surface area contributed by atoms with Crippen LogP contribution in [0.5, 0.6) is 0 Å². The maximum atomic E-state index is 5.99. The fourth-order valence-electron chi connectivity index (χ4n) is 1.66. The fraction of sp³-hybridized carbons (Fsp3) is 0.700. The average molecular weight is 194 g/mol. The Morgan fingerprint density at radius 2 is 2.50 bits per heavy atom. The number of hydrogen-bond donors (Lipinski definition) is 2.